The molecule has 0 saturated carbocycles. The quantitative estimate of drug-likeness (QED) is 0.887. The van der Waals surface area contributed by atoms with Gasteiger partial charge in [0.25, 0.3) is 0 Å². The van der Waals surface area contributed by atoms with Crippen molar-refractivity contribution in [2.24, 2.45) is 0 Å². The van der Waals surface area contributed by atoms with E-state index in [2.05, 4.69) is 46.9 Å². The molecule has 1 aromatic heterocycles. The molecule has 0 aliphatic rings. The number of aromatic nitrogens is 2. The Bertz CT molecular complexity index is 656. The van der Waals surface area contributed by atoms with E-state index in [-0.39, 0.29) is 5.91 Å². The van der Waals surface area contributed by atoms with Gasteiger partial charge in [0.15, 0.2) is 0 Å². The van der Waals surface area contributed by atoms with Crippen LogP contribution in [0.25, 0.3) is 16.8 Å². The van der Waals surface area contributed by atoms with Crippen LogP contribution in [0.1, 0.15) is 32.9 Å². The van der Waals surface area contributed by atoms with Gasteiger partial charge in [-0.05, 0) is 18.9 Å². The van der Waals surface area contributed by atoms with Gasteiger partial charge in [-0.3, -0.25) is 4.79 Å². The van der Waals surface area contributed by atoms with Gasteiger partial charge in [-0.1, -0.05) is 43.3 Å². The first-order valence-corrected chi connectivity index (χ1v) is 7.67. The monoisotopic (exact) mass is 297 g/mol. The largest absolute Gasteiger partial charge is 0.355 e. The number of rotatable bonds is 6. The van der Waals surface area contributed by atoms with Crippen LogP contribution in [0.4, 0.5) is 0 Å². The minimum Gasteiger partial charge on any atom is -0.355 e. The minimum absolute atomic E-state index is 0.00769. The van der Waals surface area contributed by atoms with Gasteiger partial charge in [0.05, 0.1) is 17.7 Å². The van der Waals surface area contributed by atoms with E-state index in [9.17, 15) is 4.79 Å². The van der Waals surface area contributed by atoms with E-state index in [1.807, 2.05) is 24.5 Å². The Morgan fingerprint density at radius 1 is 1.32 bits per heavy atom. The fourth-order valence-corrected chi connectivity index (χ4v) is 2.56. The van der Waals surface area contributed by atoms with E-state index in [0.29, 0.717) is 13.1 Å². The first-order chi connectivity index (χ1) is 10.7. The first-order valence-electron chi connectivity index (χ1n) is 7.67. The molecule has 1 amide bonds. The summed E-state index contributed by atoms with van der Waals surface area (Å²) in [6.07, 6.45) is 4.94. The lowest BCUT2D eigenvalue weighted by molar-refractivity contribution is -0.118. The van der Waals surface area contributed by atoms with Gasteiger partial charge in [-0.25, -0.2) is 4.98 Å². The lowest BCUT2D eigenvalue weighted by Gasteiger charge is -2.12. The van der Waals surface area contributed by atoms with Gasteiger partial charge in [-0.15, -0.1) is 0 Å². The Hall–Kier alpha value is -2.36. The fourth-order valence-electron chi connectivity index (χ4n) is 2.56. The predicted octanol–water partition coefficient (Wildman–Crippen LogP) is 3.50. The van der Waals surface area contributed by atoms with Crippen LogP contribution >= 0.6 is 0 Å². The number of nitrogens with zero attached hydrogens (tertiary/aromatic N) is 2. The van der Waals surface area contributed by atoms with Crippen molar-refractivity contribution in [2.45, 2.75) is 33.7 Å². The Labute approximate surface area is 131 Å². The van der Waals surface area contributed by atoms with Crippen LogP contribution in [0, 0.1) is 0 Å². The third kappa shape index (κ3) is 3.64. The Morgan fingerprint density at radius 3 is 2.64 bits per heavy atom. The van der Waals surface area contributed by atoms with Crippen LogP contribution < -0.4 is 5.32 Å². The van der Waals surface area contributed by atoms with E-state index in [0.717, 1.165) is 23.4 Å². The molecule has 116 valence electrons. The number of benzene rings is 1. The summed E-state index contributed by atoms with van der Waals surface area (Å²) in [5.74, 6) is -0.00769. The van der Waals surface area contributed by atoms with Crippen molar-refractivity contribution in [3.8, 4) is 11.3 Å². The highest BCUT2D eigenvalue weighted by Crippen LogP contribution is 2.29. The van der Waals surface area contributed by atoms with Gasteiger partial charge in [0, 0.05) is 25.6 Å². The summed E-state index contributed by atoms with van der Waals surface area (Å²) in [6.45, 7) is 7.06. The SMILES string of the molecule is C/C=C(\CC)c1c(-c2ccccc2)ncn1CCNC(C)=O. The summed E-state index contributed by atoms with van der Waals surface area (Å²) in [6, 6.07) is 10.2. The predicted molar refractivity (Wildman–Crippen MR) is 90.3 cm³/mol. The molecule has 4 nitrogen and oxygen atoms in total. The second-order valence-corrected chi connectivity index (χ2v) is 5.15. The van der Waals surface area contributed by atoms with Crippen molar-refractivity contribution in [1.82, 2.24) is 14.9 Å². The van der Waals surface area contributed by atoms with E-state index in [4.69, 9.17) is 0 Å². The minimum atomic E-state index is -0.00769. The molecule has 0 aliphatic carbocycles. The summed E-state index contributed by atoms with van der Waals surface area (Å²) in [5.41, 5.74) is 4.52. The maximum atomic E-state index is 11.0. The Balaban J connectivity index is 2.38. The van der Waals surface area contributed by atoms with E-state index in [1.165, 1.54) is 12.5 Å². The first kappa shape index (κ1) is 16.0. The Morgan fingerprint density at radius 2 is 2.05 bits per heavy atom. The summed E-state index contributed by atoms with van der Waals surface area (Å²) in [7, 11) is 0. The summed E-state index contributed by atoms with van der Waals surface area (Å²) >= 11 is 0. The lowest BCUT2D eigenvalue weighted by atomic mass is 10.0. The highest BCUT2D eigenvalue weighted by molar-refractivity contribution is 5.77. The smallest absolute Gasteiger partial charge is 0.216 e. The molecule has 22 heavy (non-hydrogen) atoms. The van der Waals surface area contributed by atoms with Crippen LogP contribution in [-0.2, 0) is 11.3 Å². The third-order valence-corrected chi connectivity index (χ3v) is 3.65. The van der Waals surface area contributed by atoms with Crippen LogP contribution in [0.3, 0.4) is 0 Å². The zero-order chi connectivity index (χ0) is 15.9. The van der Waals surface area contributed by atoms with Gasteiger partial charge >= 0.3 is 0 Å². The number of nitrogens with one attached hydrogen (secondary N) is 1. The second-order valence-electron chi connectivity index (χ2n) is 5.15. The standard InChI is InChI=1S/C18H23N3O/c1-4-15(5-2)18-17(16-9-7-6-8-10-16)20-13-21(18)12-11-19-14(3)22/h4,6-10,13H,5,11-12H2,1-3H3,(H,19,22)/b15-4+. The van der Waals surface area contributed by atoms with Gasteiger partial charge < -0.3 is 9.88 Å². The molecule has 2 aromatic rings. The number of carbonyl (C=O) groups excluding carboxylic acids is 1. The fraction of sp³-hybridized carbons (Fsp3) is 0.333. The molecule has 0 bridgehead atoms. The highest BCUT2D eigenvalue weighted by Gasteiger charge is 2.15. The van der Waals surface area contributed by atoms with Crippen LogP contribution in [0.5, 0.6) is 0 Å². The molecule has 1 aromatic carbocycles. The number of amides is 1. The molecule has 0 unspecified atom stereocenters. The van der Waals surface area contributed by atoms with Crippen molar-refractivity contribution in [3.63, 3.8) is 0 Å². The zero-order valence-corrected chi connectivity index (χ0v) is 13.5. The summed E-state index contributed by atoms with van der Waals surface area (Å²) < 4.78 is 2.12. The van der Waals surface area contributed by atoms with Crippen molar-refractivity contribution in [1.29, 1.82) is 0 Å². The van der Waals surface area contributed by atoms with E-state index in [1.54, 1.807) is 0 Å². The maximum absolute atomic E-state index is 11.0. The molecule has 0 spiro atoms. The lowest BCUT2D eigenvalue weighted by Crippen LogP contribution is -2.24. The molecular weight excluding hydrogens is 274 g/mol. The number of hydrogen-bond acceptors (Lipinski definition) is 2. The van der Waals surface area contributed by atoms with Crippen LogP contribution in [0.15, 0.2) is 42.7 Å². The summed E-state index contributed by atoms with van der Waals surface area (Å²) in [4.78, 5) is 15.7. The van der Waals surface area contributed by atoms with E-state index < -0.39 is 0 Å². The van der Waals surface area contributed by atoms with Crippen molar-refractivity contribution in [3.05, 3.63) is 48.4 Å². The van der Waals surface area contributed by atoms with Crippen molar-refractivity contribution < 1.29 is 4.79 Å². The molecular formula is C18H23N3O. The summed E-state index contributed by atoms with van der Waals surface area (Å²) in [5, 5.41) is 2.84. The average Bonchev–Trinajstić information content (AvgIpc) is 2.93. The number of hydrogen-bond donors (Lipinski definition) is 1. The highest BCUT2D eigenvalue weighted by atomic mass is 16.1. The maximum Gasteiger partial charge on any atom is 0.216 e. The molecule has 0 saturated heterocycles. The molecule has 0 atom stereocenters. The normalized spacial score (nSPS) is 11.5. The van der Waals surface area contributed by atoms with Crippen LogP contribution in [0.2, 0.25) is 0 Å². The topological polar surface area (TPSA) is 46.9 Å². The molecule has 1 N–H and O–H groups in total. The molecule has 0 radical (unpaired) electrons. The van der Waals surface area contributed by atoms with Crippen molar-refractivity contribution >= 4 is 11.5 Å². The third-order valence-electron chi connectivity index (χ3n) is 3.65. The molecule has 0 fully saturated rings. The number of imidazole rings is 1. The number of allylic oxidation sites excluding steroid dienone is 2. The molecule has 0 aliphatic heterocycles. The van der Waals surface area contributed by atoms with Gasteiger partial charge in [0.1, 0.15) is 0 Å². The molecule has 1 heterocycles. The van der Waals surface area contributed by atoms with Gasteiger partial charge in [-0.2, -0.15) is 0 Å². The van der Waals surface area contributed by atoms with Crippen molar-refractivity contribution in [2.75, 3.05) is 6.54 Å². The Kier molecular flexibility index (Phi) is 5.53. The van der Waals surface area contributed by atoms with Gasteiger partial charge in [0.2, 0.25) is 5.91 Å². The second kappa shape index (κ2) is 7.59. The average molecular weight is 297 g/mol. The van der Waals surface area contributed by atoms with Crippen LogP contribution in [-0.4, -0.2) is 22.0 Å². The zero-order valence-electron chi connectivity index (χ0n) is 13.5. The number of carbonyl (C=O) groups is 1. The molecule has 2 rings (SSSR count). The van der Waals surface area contributed by atoms with E-state index >= 15 is 0 Å². The molecule has 4 heteroatoms.